The van der Waals surface area contributed by atoms with Gasteiger partial charge in [0, 0.05) is 20.2 Å². The van der Waals surface area contributed by atoms with E-state index in [0.717, 1.165) is 6.42 Å². The highest BCUT2D eigenvalue weighted by atomic mass is 16.5. The number of hydrogen-bond donors (Lipinski definition) is 2. The van der Waals surface area contributed by atoms with Crippen LogP contribution in [0.2, 0.25) is 0 Å². The number of methoxy groups -OCH3 is 1. The van der Waals surface area contributed by atoms with Crippen LogP contribution in [-0.2, 0) is 9.53 Å². The van der Waals surface area contributed by atoms with Gasteiger partial charge in [-0.2, -0.15) is 0 Å². The molecule has 6 heteroatoms. The average Bonchev–Trinajstić information content (AvgIpc) is 2.36. The van der Waals surface area contributed by atoms with E-state index in [-0.39, 0.29) is 6.03 Å². The van der Waals surface area contributed by atoms with Crippen molar-refractivity contribution in [2.75, 3.05) is 26.8 Å². The number of urea groups is 1. The topological polar surface area (TPSA) is 78.9 Å². The number of carbonyl (C=O) groups excluding carboxylic acids is 1. The number of amides is 2. The van der Waals surface area contributed by atoms with Gasteiger partial charge in [-0.25, -0.2) is 9.59 Å². The van der Waals surface area contributed by atoms with Crippen molar-refractivity contribution in [3.8, 4) is 0 Å². The summed E-state index contributed by atoms with van der Waals surface area (Å²) in [4.78, 5) is 24.3. The Labute approximate surface area is 107 Å². The number of carboxylic acids is 1. The molecule has 0 fully saturated rings. The lowest BCUT2D eigenvalue weighted by atomic mass is 10.1. The van der Waals surface area contributed by atoms with Gasteiger partial charge in [-0.3, -0.25) is 0 Å². The minimum atomic E-state index is -1.00. The summed E-state index contributed by atoms with van der Waals surface area (Å²) in [5.74, 6) is -1.00. The molecule has 1 aliphatic rings. The summed E-state index contributed by atoms with van der Waals surface area (Å²) in [6.45, 7) is 3.41. The van der Waals surface area contributed by atoms with Crippen LogP contribution in [0.4, 0.5) is 4.79 Å². The third kappa shape index (κ3) is 4.03. The Bertz CT molecular complexity index is 341. The third-order valence-corrected chi connectivity index (χ3v) is 2.92. The Morgan fingerprint density at radius 1 is 1.61 bits per heavy atom. The van der Waals surface area contributed by atoms with Gasteiger partial charge in [-0.15, -0.1) is 0 Å². The zero-order chi connectivity index (χ0) is 13.5. The molecule has 0 spiro atoms. The zero-order valence-corrected chi connectivity index (χ0v) is 10.8. The van der Waals surface area contributed by atoms with Crippen molar-refractivity contribution < 1.29 is 19.4 Å². The molecule has 6 nitrogen and oxygen atoms in total. The molecule has 0 aromatic rings. The molecule has 0 aromatic heterocycles. The van der Waals surface area contributed by atoms with Crippen LogP contribution in [0.15, 0.2) is 11.6 Å². The number of nitrogens with one attached hydrogen (secondary N) is 1. The summed E-state index contributed by atoms with van der Waals surface area (Å²) < 4.78 is 5.03. The summed E-state index contributed by atoms with van der Waals surface area (Å²) in [7, 11) is 1.64. The van der Waals surface area contributed by atoms with E-state index in [0.29, 0.717) is 26.1 Å². The highest BCUT2D eigenvalue weighted by Gasteiger charge is 2.22. The van der Waals surface area contributed by atoms with Crippen LogP contribution in [0, 0.1) is 0 Å². The monoisotopic (exact) mass is 256 g/mol. The molecule has 18 heavy (non-hydrogen) atoms. The van der Waals surface area contributed by atoms with Gasteiger partial charge in [0.1, 0.15) is 6.04 Å². The Morgan fingerprint density at radius 2 is 2.33 bits per heavy atom. The molecule has 102 valence electrons. The number of carbonyl (C=O) groups is 2. The number of nitrogens with zero attached hydrogens (tertiary/aromatic N) is 1. The van der Waals surface area contributed by atoms with Crippen molar-refractivity contribution in [2.24, 2.45) is 0 Å². The molecule has 0 saturated carbocycles. The van der Waals surface area contributed by atoms with E-state index in [2.05, 4.69) is 5.32 Å². The first-order chi connectivity index (χ1) is 8.58. The second kappa shape index (κ2) is 7.00. The Kier molecular flexibility index (Phi) is 5.64. The summed E-state index contributed by atoms with van der Waals surface area (Å²) in [6, 6.07) is -1.14. The van der Waals surface area contributed by atoms with Crippen LogP contribution in [0.3, 0.4) is 0 Å². The van der Waals surface area contributed by atoms with Crippen molar-refractivity contribution in [3.63, 3.8) is 0 Å². The molecular formula is C12H20N2O4. The molecule has 0 radical (unpaired) electrons. The maximum atomic E-state index is 11.8. The molecule has 0 aliphatic carbocycles. The van der Waals surface area contributed by atoms with Crippen molar-refractivity contribution >= 4 is 12.0 Å². The Morgan fingerprint density at radius 3 is 2.78 bits per heavy atom. The van der Waals surface area contributed by atoms with Gasteiger partial charge in [0.2, 0.25) is 0 Å². The quantitative estimate of drug-likeness (QED) is 0.714. The lowest BCUT2D eigenvalue weighted by molar-refractivity contribution is -0.139. The Hall–Kier alpha value is -1.56. The molecule has 2 N–H and O–H groups in total. The predicted octanol–water partition coefficient (Wildman–Crippen LogP) is 0.838. The number of rotatable bonds is 5. The van der Waals surface area contributed by atoms with Gasteiger partial charge in [0.15, 0.2) is 0 Å². The van der Waals surface area contributed by atoms with Gasteiger partial charge >= 0.3 is 12.0 Å². The zero-order valence-electron chi connectivity index (χ0n) is 10.8. The second-order valence-electron chi connectivity index (χ2n) is 4.24. The summed E-state index contributed by atoms with van der Waals surface area (Å²) in [5.41, 5.74) is 1.17. The summed E-state index contributed by atoms with van der Waals surface area (Å²) in [5, 5.41) is 11.4. The first-order valence-electron chi connectivity index (χ1n) is 6.03. The normalized spacial score (nSPS) is 17.0. The summed E-state index contributed by atoms with van der Waals surface area (Å²) in [6.07, 6.45) is 3.10. The maximum absolute atomic E-state index is 11.8. The smallest absolute Gasteiger partial charge is 0.326 e. The van der Waals surface area contributed by atoms with E-state index in [1.54, 1.807) is 18.9 Å². The fourth-order valence-electron chi connectivity index (χ4n) is 1.79. The first-order valence-corrected chi connectivity index (χ1v) is 6.03. The molecule has 2 amide bonds. The van der Waals surface area contributed by atoms with E-state index in [1.165, 1.54) is 5.57 Å². The van der Waals surface area contributed by atoms with Crippen molar-refractivity contribution in [2.45, 2.75) is 25.8 Å². The van der Waals surface area contributed by atoms with Gasteiger partial charge in [-0.05, 0) is 18.4 Å². The predicted molar refractivity (Wildman–Crippen MR) is 66.4 cm³/mol. The van der Waals surface area contributed by atoms with E-state index in [9.17, 15) is 9.59 Å². The van der Waals surface area contributed by atoms with Crippen molar-refractivity contribution in [3.05, 3.63) is 11.6 Å². The van der Waals surface area contributed by atoms with Crippen LogP contribution in [-0.4, -0.2) is 54.9 Å². The number of aliphatic carboxylic acids is 1. The fourth-order valence-corrected chi connectivity index (χ4v) is 1.79. The molecule has 1 atom stereocenters. The minimum Gasteiger partial charge on any atom is -0.480 e. The van der Waals surface area contributed by atoms with E-state index >= 15 is 0 Å². The van der Waals surface area contributed by atoms with E-state index < -0.39 is 12.0 Å². The number of ether oxygens (including phenoxy) is 1. The summed E-state index contributed by atoms with van der Waals surface area (Å²) >= 11 is 0. The SMILES string of the molecule is CC[C@H](NC(=O)N1CC=C(COC)CC1)C(=O)O. The van der Waals surface area contributed by atoms with Crippen LogP contribution >= 0.6 is 0 Å². The molecule has 1 heterocycles. The lowest BCUT2D eigenvalue weighted by Crippen LogP contribution is -2.48. The Balaban J connectivity index is 2.47. The van der Waals surface area contributed by atoms with Gasteiger partial charge in [0.05, 0.1) is 6.61 Å². The van der Waals surface area contributed by atoms with Crippen LogP contribution in [0.1, 0.15) is 19.8 Å². The number of carboxylic acid groups (broad SMARTS) is 1. The third-order valence-electron chi connectivity index (χ3n) is 2.92. The molecule has 1 aliphatic heterocycles. The second-order valence-corrected chi connectivity index (χ2v) is 4.24. The highest BCUT2D eigenvalue weighted by molar-refractivity contribution is 5.82. The van der Waals surface area contributed by atoms with Crippen LogP contribution in [0.5, 0.6) is 0 Å². The number of hydrogen-bond acceptors (Lipinski definition) is 3. The van der Waals surface area contributed by atoms with Gasteiger partial charge in [0.25, 0.3) is 0 Å². The molecular weight excluding hydrogens is 236 g/mol. The first kappa shape index (κ1) is 14.5. The van der Waals surface area contributed by atoms with Crippen molar-refractivity contribution in [1.82, 2.24) is 10.2 Å². The average molecular weight is 256 g/mol. The molecule has 0 unspecified atom stereocenters. The largest absolute Gasteiger partial charge is 0.480 e. The molecule has 1 rings (SSSR count). The van der Waals surface area contributed by atoms with E-state index in [4.69, 9.17) is 9.84 Å². The van der Waals surface area contributed by atoms with Crippen molar-refractivity contribution in [1.29, 1.82) is 0 Å². The fraction of sp³-hybridized carbons (Fsp3) is 0.667. The molecule has 0 saturated heterocycles. The van der Waals surface area contributed by atoms with Gasteiger partial charge in [-0.1, -0.05) is 13.0 Å². The van der Waals surface area contributed by atoms with Gasteiger partial charge < -0.3 is 20.1 Å². The molecule has 0 bridgehead atoms. The van der Waals surface area contributed by atoms with Crippen LogP contribution in [0.25, 0.3) is 0 Å². The lowest BCUT2D eigenvalue weighted by Gasteiger charge is -2.27. The maximum Gasteiger partial charge on any atom is 0.326 e. The highest BCUT2D eigenvalue weighted by Crippen LogP contribution is 2.11. The van der Waals surface area contributed by atoms with E-state index in [1.807, 2.05) is 6.08 Å². The van der Waals surface area contributed by atoms with Crippen LogP contribution < -0.4 is 5.32 Å². The standard InChI is InChI=1S/C12H20N2O4/c1-3-10(11(15)16)13-12(17)14-6-4-9(5-7-14)8-18-2/h4,10H,3,5-8H2,1-2H3,(H,13,17)(H,15,16)/t10-/m0/s1. The minimum absolute atomic E-state index is 0.322. The molecule has 0 aromatic carbocycles.